The lowest BCUT2D eigenvalue weighted by molar-refractivity contribution is -0.143. The van der Waals surface area contributed by atoms with Gasteiger partial charge in [-0.25, -0.2) is 4.79 Å². The monoisotopic (exact) mass is 242 g/mol. The molecule has 0 spiro atoms. The Bertz CT molecular complexity index is 426. The van der Waals surface area contributed by atoms with Gasteiger partial charge in [0.1, 0.15) is 6.10 Å². The van der Waals surface area contributed by atoms with Crippen molar-refractivity contribution in [3.05, 3.63) is 17.5 Å². The maximum atomic E-state index is 11.2. The second kappa shape index (κ2) is 5.44. The van der Waals surface area contributed by atoms with Crippen molar-refractivity contribution < 1.29 is 24.2 Å². The van der Waals surface area contributed by atoms with Crippen molar-refractivity contribution in [1.29, 1.82) is 0 Å². The van der Waals surface area contributed by atoms with Crippen molar-refractivity contribution in [2.24, 2.45) is 7.05 Å². The van der Waals surface area contributed by atoms with E-state index in [-0.39, 0.29) is 12.1 Å². The summed E-state index contributed by atoms with van der Waals surface area (Å²) in [5, 5.41) is 13.6. The first-order chi connectivity index (χ1) is 7.99. The number of ether oxygens (including phenoxy) is 2. The molecule has 1 atom stereocenters. The van der Waals surface area contributed by atoms with Gasteiger partial charge in [-0.1, -0.05) is 0 Å². The normalized spacial score (nSPS) is 12.0. The summed E-state index contributed by atoms with van der Waals surface area (Å²) < 4.78 is 10.3. The van der Waals surface area contributed by atoms with Crippen LogP contribution in [0.2, 0.25) is 0 Å². The fourth-order valence-corrected chi connectivity index (χ4v) is 1.34. The number of hydrogen-bond acceptors (Lipinski definition) is 6. The summed E-state index contributed by atoms with van der Waals surface area (Å²) in [7, 11) is 4.03. The number of rotatable bonds is 4. The molecule has 0 saturated carbocycles. The third kappa shape index (κ3) is 3.04. The molecule has 1 aromatic rings. The highest BCUT2D eigenvalue weighted by Crippen LogP contribution is 2.18. The Kier molecular flexibility index (Phi) is 4.22. The van der Waals surface area contributed by atoms with Gasteiger partial charge in [0.05, 0.1) is 26.3 Å². The van der Waals surface area contributed by atoms with E-state index in [2.05, 4.69) is 14.6 Å². The zero-order valence-corrected chi connectivity index (χ0v) is 9.84. The lowest BCUT2D eigenvalue weighted by Gasteiger charge is -2.08. The number of aromatic nitrogens is 2. The van der Waals surface area contributed by atoms with E-state index in [9.17, 15) is 14.7 Å². The quantitative estimate of drug-likeness (QED) is 0.735. The van der Waals surface area contributed by atoms with E-state index in [0.29, 0.717) is 5.69 Å². The van der Waals surface area contributed by atoms with Gasteiger partial charge in [-0.3, -0.25) is 9.48 Å². The molecule has 1 heterocycles. The molecule has 1 unspecified atom stereocenters. The van der Waals surface area contributed by atoms with Gasteiger partial charge in [-0.2, -0.15) is 5.10 Å². The van der Waals surface area contributed by atoms with Gasteiger partial charge in [0.25, 0.3) is 0 Å². The van der Waals surface area contributed by atoms with Crippen LogP contribution < -0.4 is 0 Å². The molecule has 0 radical (unpaired) electrons. The highest BCUT2D eigenvalue weighted by atomic mass is 16.5. The summed E-state index contributed by atoms with van der Waals surface area (Å²) in [6, 6.07) is 1.37. The molecule has 7 nitrogen and oxygen atoms in total. The molecular weight excluding hydrogens is 228 g/mol. The standard InChI is InChI=1S/C10H14N2O5/c1-12-7(8(13)5-9(14)16-2)4-6(11-12)10(15)17-3/h4,8,13H,5H2,1-3H3. The van der Waals surface area contributed by atoms with Crippen LogP contribution >= 0.6 is 0 Å². The second-order valence-electron chi connectivity index (χ2n) is 3.37. The van der Waals surface area contributed by atoms with Crippen LogP contribution in [-0.2, 0) is 21.3 Å². The van der Waals surface area contributed by atoms with E-state index in [0.717, 1.165) is 0 Å². The van der Waals surface area contributed by atoms with Crippen LogP contribution in [0.5, 0.6) is 0 Å². The highest BCUT2D eigenvalue weighted by molar-refractivity contribution is 5.87. The van der Waals surface area contributed by atoms with Crippen LogP contribution in [0.25, 0.3) is 0 Å². The first-order valence-corrected chi connectivity index (χ1v) is 4.86. The number of aryl methyl sites for hydroxylation is 1. The number of hydrogen-bond donors (Lipinski definition) is 1. The number of aliphatic hydroxyl groups excluding tert-OH is 1. The Morgan fingerprint density at radius 3 is 2.65 bits per heavy atom. The van der Waals surface area contributed by atoms with E-state index >= 15 is 0 Å². The molecule has 1 rings (SSSR count). The van der Waals surface area contributed by atoms with E-state index in [1.165, 1.54) is 25.0 Å². The predicted octanol–water partition coefficient (Wildman–Crippen LogP) is -0.197. The van der Waals surface area contributed by atoms with Crippen molar-refractivity contribution in [2.75, 3.05) is 14.2 Å². The zero-order chi connectivity index (χ0) is 13.0. The van der Waals surface area contributed by atoms with Crippen LogP contribution in [-0.4, -0.2) is 41.0 Å². The summed E-state index contributed by atoms with van der Waals surface area (Å²) >= 11 is 0. The van der Waals surface area contributed by atoms with Crippen molar-refractivity contribution in [3.63, 3.8) is 0 Å². The Hall–Kier alpha value is -1.89. The molecule has 17 heavy (non-hydrogen) atoms. The fourth-order valence-electron chi connectivity index (χ4n) is 1.34. The SMILES string of the molecule is COC(=O)CC(O)c1cc(C(=O)OC)nn1C. The lowest BCUT2D eigenvalue weighted by atomic mass is 10.2. The van der Waals surface area contributed by atoms with Gasteiger partial charge >= 0.3 is 11.9 Å². The maximum absolute atomic E-state index is 11.2. The summed E-state index contributed by atoms with van der Waals surface area (Å²) in [4.78, 5) is 22.2. The molecule has 0 saturated heterocycles. The zero-order valence-electron chi connectivity index (χ0n) is 9.84. The molecular formula is C10H14N2O5. The summed E-state index contributed by atoms with van der Waals surface area (Å²) in [5.41, 5.74) is 0.421. The van der Waals surface area contributed by atoms with E-state index in [1.54, 1.807) is 7.05 Å². The fraction of sp³-hybridized carbons (Fsp3) is 0.500. The minimum Gasteiger partial charge on any atom is -0.469 e. The minimum absolute atomic E-state index is 0.0777. The van der Waals surface area contributed by atoms with Crippen LogP contribution in [0.15, 0.2) is 6.07 Å². The van der Waals surface area contributed by atoms with Crippen molar-refractivity contribution in [3.8, 4) is 0 Å². The first-order valence-electron chi connectivity index (χ1n) is 4.86. The number of aliphatic hydroxyl groups is 1. The molecule has 0 aliphatic heterocycles. The van der Waals surface area contributed by atoms with Gasteiger partial charge < -0.3 is 14.6 Å². The second-order valence-corrected chi connectivity index (χ2v) is 3.37. The van der Waals surface area contributed by atoms with Crippen molar-refractivity contribution in [2.45, 2.75) is 12.5 Å². The average Bonchev–Trinajstić information content (AvgIpc) is 2.70. The Morgan fingerprint density at radius 1 is 1.47 bits per heavy atom. The van der Waals surface area contributed by atoms with Gasteiger partial charge in [0.15, 0.2) is 5.69 Å². The largest absolute Gasteiger partial charge is 0.469 e. The molecule has 0 aromatic carbocycles. The highest BCUT2D eigenvalue weighted by Gasteiger charge is 2.20. The molecule has 0 fully saturated rings. The smallest absolute Gasteiger partial charge is 0.358 e. The molecule has 1 N–H and O–H groups in total. The minimum atomic E-state index is -1.07. The number of carbonyl (C=O) groups excluding carboxylic acids is 2. The molecule has 94 valence electrons. The Labute approximate surface area is 97.9 Å². The number of nitrogens with zero attached hydrogens (tertiary/aromatic N) is 2. The summed E-state index contributed by atoms with van der Waals surface area (Å²) in [6.07, 6.45) is -1.27. The van der Waals surface area contributed by atoms with Crippen molar-refractivity contribution >= 4 is 11.9 Å². The molecule has 0 aliphatic carbocycles. The third-order valence-electron chi connectivity index (χ3n) is 2.24. The molecule has 0 amide bonds. The topological polar surface area (TPSA) is 90.7 Å². The molecule has 1 aromatic heterocycles. The third-order valence-corrected chi connectivity index (χ3v) is 2.24. The van der Waals surface area contributed by atoms with E-state index in [1.807, 2.05) is 0 Å². The van der Waals surface area contributed by atoms with Gasteiger partial charge in [0.2, 0.25) is 0 Å². The van der Waals surface area contributed by atoms with Crippen LogP contribution in [0.3, 0.4) is 0 Å². The van der Waals surface area contributed by atoms with Crippen molar-refractivity contribution in [1.82, 2.24) is 9.78 Å². The van der Waals surface area contributed by atoms with E-state index in [4.69, 9.17) is 0 Å². The summed E-state index contributed by atoms with van der Waals surface area (Å²) in [6.45, 7) is 0. The van der Waals surface area contributed by atoms with Crippen LogP contribution in [0.1, 0.15) is 28.7 Å². The average molecular weight is 242 g/mol. The Balaban J connectivity index is 2.87. The first kappa shape index (κ1) is 13.2. The predicted molar refractivity (Wildman–Crippen MR) is 56.1 cm³/mol. The lowest BCUT2D eigenvalue weighted by Crippen LogP contribution is -2.11. The van der Waals surface area contributed by atoms with Crippen LogP contribution in [0.4, 0.5) is 0 Å². The van der Waals surface area contributed by atoms with E-state index < -0.39 is 18.0 Å². The van der Waals surface area contributed by atoms with Gasteiger partial charge in [0, 0.05) is 7.05 Å². The number of carbonyl (C=O) groups is 2. The van der Waals surface area contributed by atoms with Gasteiger partial charge in [-0.05, 0) is 6.07 Å². The maximum Gasteiger partial charge on any atom is 0.358 e. The molecule has 0 bridgehead atoms. The van der Waals surface area contributed by atoms with Gasteiger partial charge in [-0.15, -0.1) is 0 Å². The molecule has 0 aliphatic rings. The molecule has 7 heteroatoms. The number of methoxy groups -OCH3 is 2. The Morgan fingerprint density at radius 2 is 2.12 bits per heavy atom. The van der Waals surface area contributed by atoms with Crippen LogP contribution in [0, 0.1) is 0 Å². The number of esters is 2. The summed E-state index contributed by atoms with van der Waals surface area (Å²) in [5.74, 6) is -1.14.